The van der Waals surface area contributed by atoms with Crippen molar-refractivity contribution in [3.05, 3.63) is 10.6 Å². The summed E-state index contributed by atoms with van der Waals surface area (Å²) in [4.78, 5) is 0. The number of nitrogens with one attached hydrogen (secondary N) is 1. The molecule has 4 atom stereocenters. The molecule has 1 N–H and O–H groups in total. The van der Waals surface area contributed by atoms with Crippen LogP contribution < -0.4 is 5.32 Å². The summed E-state index contributed by atoms with van der Waals surface area (Å²) in [6.45, 7) is 0.752. The molecule has 0 aromatic heterocycles. The van der Waals surface area contributed by atoms with Crippen molar-refractivity contribution in [3.63, 3.8) is 0 Å². The number of hydrogen-bond donors (Lipinski definition) is 1. The maximum absolute atomic E-state index is 5.85. The first kappa shape index (κ1) is 9.50. The largest absolute Gasteiger partial charge is 0.308 e. The highest BCUT2D eigenvalue weighted by Crippen LogP contribution is 2.65. The molecular formula is C11H15Cl2N. The Morgan fingerprint density at radius 2 is 1.93 bits per heavy atom. The van der Waals surface area contributed by atoms with Crippen LogP contribution in [0.15, 0.2) is 10.6 Å². The van der Waals surface area contributed by atoms with Crippen LogP contribution in [-0.4, -0.2) is 12.6 Å². The van der Waals surface area contributed by atoms with Crippen molar-refractivity contribution in [2.24, 2.45) is 23.7 Å². The molecule has 0 heterocycles. The lowest BCUT2D eigenvalue weighted by molar-refractivity contribution is 0.456. The first-order chi connectivity index (χ1) is 6.81. The van der Waals surface area contributed by atoms with Gasteiger partial charge in [-0.05, 0) is 42.9 Å². The second-order valence-electron chi connectivity index (χ2n) is 4.95. The van der Waals surface area contributed by atoms with Crippen LogP contribution in [0, 0.1) is 23.7 Å². The van der Waals surface area contributed by atoms with Gasteiger partial charge in [0.15, 0.2) is 0 Å². The Morgan fingerprint density at radius 3 is 2.50 bits per heavy atom. The summed E-state index contributed by atoms with van der Waals surface area (Å²) >= 11 is 11.4. The van der Waals surface area contributed by atoms with Crippen LogP contribution in [0.25, 0.3) is 0 Å². The number of hydrogen-bond acceptors (Lipinski definition) is 1. The zero-order chi connectivity index (χ0) is 9.71. The molecule has 4 unspecified atom stereocenters. The Balaban J connectivity index is 1.54. The Bertz CT molecular complexity index is 260. The topological polar surface area (TPSA) is 12.0 Å². The molecule has 78 valence electrons. The Kier molecular flexibility index (Phi) is 2.31. The second-order valence-corrected chi connectivity index (χ2v) is 5.65. The van der Waals surface area contributed by atoms with Crippen molar-refractivity contribution in [3.8, 4) is 0 Å². The predicted octanol–water partition coefficient (Wildman–Crippen LogP) is 2.94. The van der Waals surface area contributed by atoms with E-state index in [1.165, 1.54) is 24.8 Å². The fraction of sp³-hybridized carbons (Fsp3) is 0.818. The van der Waals surface area contributed by atoms with Crippen molar-refractivity contribution < 1.29 is 0 Å². The lowest BCUT2D eigenvalue weighted by Crippen LogP contribution is -2.24. The predicted molar refractivity (Wildman–Crippen MR) is 59.4 cm³/mol. The van der Waals surface area contributed by atoms with Gasteiger partial charge in [-0.1, -0.05) is 23.2 Å². The summed E-state index contributed by atoms with van der Waals surface area (Å²) < 4.78 is 0. The Labute approximate surface area is 94.8 Å². The van der Waals surface area contributed by atoms with E-state index >= 15 is 0 Å². The molecule has 0 aromatic carbocycles. The van der Waals surface area contributed by atoms with Gasteiger partial charge >= 0.3 is 0 Å². The molecule has 2 bridgehead atoms. The van der Waals surface area contributed by atoms with Crippen molar-refractivity contribution in [1.29, 1.82) is 0 Å². The Hall–Kier alpha value is 0.280. The maximum Gasteiger partial charge on any atom is 0.0432 e. The summed E-state index contributed by atoms with van der Waals surface area (Å²) in [5.41, 5.74) is 1.46. The highest BCUT2D eigenvalue weighted by molar-refractivity contribution is 6.36. The molecule has 3 aliphatic carbocycles. The third kappa shape index (κ3) is 1.33. The van der Waals surface area contributed by atoms with E-state index in [2.05, 4.69) is 5.32 Å². The van der Waals surface area contributed by atoms with E-state index in [1.807, 2.05) is 0 Å². The van der Waals surface area contributed by atoms with Crippen LogP contribution in [0.5, 0.6) is 0 Å². The van der Waals surface area contributed by atoms with E-state index < -0.39 is 0 Å². The molecule has 14 heavy (non-hydrogen) atoms. The number of fused-ring (bicyclic) bond motifs is 5. The van der Waals surface area contributed by atoms with Crippen LogP contribution in [0.4, 0.5) is 0 Å². The molecule has 0 amide bonds. The molecule has 0 aromatic rings. The smallest absolute Gasteiger partial charge is 0.0432 e. The number of rotatable bonds is 3. The number of halogens is 2. The average molecular weight is 232 g/mol. The van der Waals surface area contributed by atoms with Gasteiger partial charge in [0, 0.05) is 23.2 Å². The van der Waals surface area contributed by atoms with E-state index in [0.717, 1.165) is 41.3 Å². The molecule has 3 rings (SSSR count). The lowest BCUT2D eigenvalue weighted by atomic mass is 10.0. The third-order valence-corrected chi connectivity index (χ3v) is 4.98. The molecule has 0 saturated heterocycles. The van der Waals surface area contributed by atoms with E-state index in [-0.39, 0.29) is 0 Å². The van der Waals surface area contributed by atoms with E-state index in [4.69, 9.17) is 23.2 Å². The van der Waals surface area contributed by atoms with Gasteiger partial charge in [0.25, 0.3) is 0 Å². The lowest BCUT2D eigenvalue weighted by Gasteiger charge is -2.09. The van der Waals surface area contributed by atoms with Gasteiger partial charge < -0.3 is 5.32 Å². The quantitative estimate of drug-likeness (QED) is 0.788. The van der Waals surface area contributed by atoms with Gasteiger partial charge in [-0.25, -0.2) is 0 Å². The molecule has 0 spiro atoms. The maximum atomic E-state index is 5.85. The van der Waals surface area contributed by atoms with E-state index in [1.54, 1.807) is 0 Å². The summed E-state index contributed by atoms with van der Waals surface area (Å²) in [7, 11) is 0. The highest BCUT2D eigenvalue weighted by atomic mass is 35.5. The second kappa shape index (κ2) is 3.40. The van der Waals surface area contributed by atoms with Gasteiger partial charge in [-0.15, -0.1) is 0 Å². The SMILES string of the molecule is Cl/C=C(/Cl)CNC1C2C3CCC(C3)C12. The standard InChI is InChI=1S/C11H15Cl2N/c12-4-8(13)5-14-11-9-6-1-2-7(3-6)10(9)11/h4,6-7,9-11,14H,1-3,5H2/b8-4+. The molecule has 0 radical (unpaired) electrons. The van der Waals surface area contributed by atoms with Crippen molar-refractivity contribution in [2.75, 3.05) is 6.54 Å². The third-order valence-electron chi connectivity index (χ3n) is 4.36. The molecule has 0 aliphatic heterocycles. The fourth-order valence-electron chi connectivity index (χ4n) is 3.85. The zero-order valence-electron chi connectivity index (χ0n) is 8.05. The molecule has 3 heteroatoms. The van der Waals surface area contributed by atoms with Gasteiger partial charge in [-0.2, -0.15) is 0 Å². The first-order valence-corrected chi connectivity index (χ1v) is 6.31. The van der Waals surface area contributed by atoms with Crippen LogP contribution in [-0.2, 0) is 0 Å². The van der Waals surface area contributed by atoms with Gasteiger partial charge in [0.05, 0.1) is 0 Å². The van der Waals surface area contributed by atoms with E-state index in [0.29, 0.717) is 0 Å². The molecule has 3 fully saturated rings. The summed E-state index contributed by atoms with van der Waals surface area (Å²) in [5.74, 6) is 4.02. The van der Waals surface area contributed by atoms with Gasteiger partial charge in [0.2, 0.25) is 0 Å². The normalized spacial score (nSPS) is 49.6. The van der Waals surface area contributed by atoms with Gasteiger partial charge in [0.1, 0.15) is 0 Å². The molecule has 3 saturated carbocycles. The molecule has 1 nitrogen and oxygen atoms in total. The van der Waals surface area contributed by atoms with Crippen LogP contribution >= 0.6 is 23.2 Å². The van der Waals surface area contributed by atoms with Crippen LogP contribution in [0.3, 0.4) is 0 Å². The summed E-state index contributed by atoms with van der Waals surface area (Å²) in [6.07, 6.45) is 4.46. The summed E-state index contributed by atoms with van der Waals surface area (Å²) in [5, 5.41) is 4.25. The van der Waals surface area contributed by atoms with Crippen molar-refractivity contribution in [2.45, 2.75) is 25.3 Å². The average Bonchev–Trinajstić information content (AvgIpc) is 2.60. The molecule has 3 aliphatic rings. The van der Waals surface area contributed by atoms with Crippen LogP contribution in [0.1, 0.15) is 19.3 Å². The van der Waals surface area contributed by atoms with Gasteiger partial charge in [-0.3, -0.25) is 0 Å². The van der Waals surface area contributed by atoms with Crippen molar-refractivity contribution >= 4 is 23.2 Å². The first-order valence-electron chi connectivity index (χ1n) is 5.49. The minimum Gasteiger partial charge on any atom is -0.308 e. The molecular weight excluding hydrogens is 217 g/mol. The minimum atomic E-state index is 0.726. The monoisotopic (exact) mass is 231 g/mol. The van der Waals surface area contributed by atoms with Crippen molar-refractivity contribution in [1.82, 2.24) is 5.32 Å². The van der Waals surface area contributed by atoms with E-state index in [9.17, 15) is 0 Å². The zero-order valence-corrected chi connectivity index (χ0v) is 9.56. The fourth-order valence-corrected chi connectivity index (χ4v) is 4.01. The highest BCUT2D eigenvalue weighted by Gasteiger charge is 2.64. The Morgan fingerprint density at radius 1 is 1.29 bits per heavy atom. The summed E-state index contributed by atoms with van der Waals surface area (Å²) in [6, 6.07) is 0.756. The minimum absolute atomic E-state index is 0.726. The van der Waals surface area contributed by atoms with Crippen LogP contribution in [0.2, 0.25) is 0 Å².